The average Bonchev–Trinajstić information content (AvgIpc) is 2.29. The van der Waals surface area contributed by atoms with E-state index in [0.717, 1.165) is 24.4 Å². The predicted octanol–water partition coefficient (Wildman–Crippen LogP) is 2.11. The average molecular weight is 242 g/mol. The molecular formula is C12H16ClNO2. The third kappa shape index (κ3) is 2.54. The molecule has 0 saturated heterocycles. The van der Waals surface area contributed by atoms with Crippen molar-refractivity contribution in [3.8, 4) is 5.75 Å². The van der Waals surface area contributed by atoms with Crippen LogP contribution in [0.25, 0.3) is 0 Å². The molecule has 1 aliphatic heterocycles. The maximum atomic E-state index is 5.20. The van der Waals surface area contributed by atoms with Crippen LogP contribution in [0.2, 0.25) is 0 Å². The summed E-state index contributed by atoms with van der Waals surface area (Å²) >= 11 is 0. The fourth-order valence-corrected chi connectivity index (χ4v) is 1.84. The number of hydrogen-bond donors (Lipinski definition) is 0. The summed E-state index contributed by atoms with van der Waals surface area (Å²) in [6.45, 7) is 1.43. The smallest absolute Gasteiger partial charge is 0.119 e. The number of fused-ring (bicyclic) bond motifs is 1. The molecule has 0 unspecified atom stereocenters. The summed E-state index contributed by atoms with van der Waals surface area (Å²) in [5.41, 5.74) is 3.54. The molecule has 0 fully saturated rings. The van der Waals surface area contributed by atoms with Crippen molar-refractivity contribution in [2.24, 2.45) is 4.99 Å². The van der Waals surface area contributed by atoms with E-state index < -0.39 is 0 Å². The third-order valence-corrected chi connectivity index (χ3v) is 2.59. The molecule has 4 heteroatoms. The Bertz CT molecular complexity index is 391. The molecule has 0 bridgehead atoms. The Morgan fingerprint density at radius 2 is 2.12 bits per heavy atom. The Hall–Kier alpha value is -1.06. The molecule has 0 saturated carbocycles. The van der Waals surface area contributed by atoms with Gasteiger partial charge >= 0.3 is 0 Å². The first-order valence-electron chi connectivity index (χ1n) is 5.04. The van der Waals surface area contributed by atoms with Gasteiger partial charge in [0.1, 0.15) is 5.75 Å². The lowest BCUT2D eigenvalue weighted by molar-refractivity contribution is 0.245. The van der Waals surface area contributed by atoms with E-state index >= 15 is 0 Å². The molecule has 2 rings (SSSR count). The van der Waals surface area contributed by atoms with Gasteiger partial charge in [0.15, 0.2) is 0 Å². The SMILES string of the molecule is COCC1=NCCc2cc(OC)ccc21.Cl. The zero-order valence-electron chi connectivity index (χ0n) is 9.53. The summed E-state index contributed by atoms with van der Waals surface area (Å²) in [6.07, 6.45) is 0.986. The minimum absolute atomic E-state index is 0. The Labute approximate surface area is 102 Å². The molecule has 88 valence electrons. The molecule has 16 heavy (non-hydrogen) atoms. The van der Waals surface area contributed by atoms with Gasteiger partial charge in [-0.25, -0.2) is 0 Å². The van der Waals surface area contributed by atoms with Crippen LogP contribution in [0.1, 0.15) is 11.1 Å². The van der Waals surface area contributed by atoms with E-state index in [4.69, 9.17) is 9.47 Å². The number of methoxy groups -OCH3 is 2. The van der Waals surface area contributed by atoms with E-state index in [1.54, 1.807) is 14.2 Å². The summed E-state index contributed by atoms with van der Waals surface area (Å²) in [6, 6.07) is 6.11. The standard InChI is InChI=1S/C12H15NO2.ClH/c1-14-8-12-11-4-3-10(15-2)7-9(11)5-6-13-12;/h3-4,7H,5-6,8H2,1-2H3;1H. The first kappa shape index (κ1) is 13.0. The van der Waals surface area contributed by atoms with Gasteiger partial charge < -0.3 is 9.47 Å². The van der Waals surface area contributed by atoms with Crippen molar-refractivity contribution in [3.05, 3.63) is 29.3 Å². The summed E-state index contributed by atoms with van der Waals surface area (Å²) in [7, 11) is 3.38. The second kappa shape index (κ2) is 5.87. The second-order valence-electron chi connectivity index (χ2n) is 3.53. The van der Waals surface area contributed by atoms with E-state index in [-0.39, 0.29) is 12.4 Å². The van der Waals surface area contributed by atoms with E-state index in [2.05, 4.69) is 17.1 Å². The van der Waals surface area contributed by atoms with E-state index in [0.29, 0.717) is 6.61 Å². The van der Waals surface area contributed by atoms with Gasteiger partial charge in [0, 0.05) is 19.2 Å². The van der Waals surface area contributed by atoms with E-state index in [9.17, 15) is 0 Å². The Morgan fingerprint density at radius 3 is 2.81 bits per heavy atom. The van der Waals surface area contributed by atoms with Crippen LogP contribution < -0.4 is 4.74 Å². The quantitative estimate of drug-likeness (QED) is 0.812. The van der Waals surface area contributed by atoms with Gasteiger partial charge in [-0.3, -0.25) is 4.99 Å². The van der Waals surface area contributed by atoms with Crippen LogP contribution in [-0.2, 0) is 11.2 Å². The monoisotopic (exact) mass is 241 g/mol. The second-order valence-corrected chi connectivity index (χ2v) is 3.53. The van der Waals surface area contributed by atoms with Crippen LogP contribution in [0.15, 0.2) is 23.2 Å². The van der Waals surface area contributed by atoms with E-state index in [1.807, 2.05) is 6.07 Å². The number of halogens is 1. The van der Waals surface area contributed by atoms with Crippen LogP contribution in [0.3, 0.4) is 0 Å². The molecule has 1 aromatic rings. The number of hydrogen-bond acceptors (Lipinski definition) is 3. The molecule has 0 atom stereocenters. The number of ether oxygens (including phenoxy) is 2. The van der Waals surface area contributed by atoms with Crippen LogP contribution in [-0.4, -0.2) is 33.1 Å². The minimum Gasteiger partial charge on any atom is -0.497 e. The van der Waals surface area contributed by atoms with Crippen molar-refractivity contribution in [2.75, 3.05) is 27.4 Å². The molecule has 0 amide bonds. The molecule has 3 nitrogen and oxygen atoms in total. The molecule has 1 heterocycles. The largest absolute Gasteiger partial charge is 0.497 e. The Morgan fingerprint density at radius 1 is 1.31 bits per heavy atom. The van der Waals surface area contributed by atoms with Crippen LogP contribution in [0.4, 0.5) is 0 Å². The van der Waals surface area contributed by atoms with Crippen molar-refractivity contribution < 1.29 is 9.47 Å². The van der Waals surface area contributed by atoms with Gasteiger partial charge in [0.2, 0.25) is 0 Å². The lowest BCUT2D eigenvalue weighted by Gasteiger charge is -2.17. The summed E-state index contributed by atoms with van der Waals surface area (Å²) in [5.74, 6) is 0.910. The molecule has 1 aromatic carbocycles. The van der Waals surface area contributed by atoms with Crippen molar-refractivity contribution in [1.82, 2.24) is 0 Å². The van der Waals surface area contributed by atoms with Gasteiger partial charge in [0.05, 0.1) is 19.4 Å². The van der Waals surface area contributed by atoms with Crippen molar-refractivity contribution in [3.63, 3.8) is 0 Å². The minimum atomic E-state index is 0. The highest BCUT2D eigenvalue weighted by atomic mass is 35.5. The lowest BCUT2D eigenvalue weighted by atomic mass is 9.98. The Balaban J connectivity index is 0.00000128. The topological polar surface area (TPSA) is 30.8 Å². The maximum absolute atomic E-state index is 5.20. The van der Waals surface area contributed by atoms with Gasteiger partial charge in [-0.2, -0.15) is 0 Å². The van der Waals surface area contributed by atoms with Crippen molar-refractivity contribution in [1.29, 1.82) is 0 Å². The fraction of sp³-hybridized carbons (Fsp3) is 0.417. The van der Waals surface area contributed by atoms with Crippen LogP contribution in [0.5, 0.6) is 5.75 Å². The third-order valence-electron chi connectivity index (χ3n) is 2.59. The van der Waals surface area contributed by atoms with Gasteiger partial charge in [-0.15, -0.1) is 12.4 Å². The number of benzene rings is 1. The normalized spacial score (nSPS) is 13.5. The van der Waals surface area contributed by atoms with Gasteiger partial charge in [-0.05, 0) is 30.2 Å². The Kier molecular flexibility index (Phi) is 4.77. The van der Waals surface area contributed by atoms with E-state index in [1.165, 1.54) is 11.1 Å². The summed E-state index contributed by atoms with van der Waals surface area (Å²) in [5, 5.41) is 0. The first-order valence-corrected chi connectivity index (χ1v) is 5.04. The molecule has 0 aromatic heterocycles. The molecular weight excluding hydrogens is 226 g/mol. The molecule has 0 spiro atoms. The molecule has 0 N–H and O–H groups in total. The van der Waals surface area contributed by atoms with Crippen LogP contribution in [0, 0.1) is 0 Å². The molecule has 1 aliphatic rings. The van der Waals surface area contributed by atoms with Crippen molar-refractivity contribution >= 4 is 18.1 Å². The highest BCUT2D eigenvalue weighted by Crippen LogP contribution is 2.21. The first-order chi connectivity index (χ1) is 7.35. The highest BCUT2D eigenvalue weighted by Gasteiger charge is 2.14. The summed E-state index contributed by atoms with van der Waals surface area (Å²) in [4.78, 5) is 4.47. The lowest BCUT2D eigenvalue weighted by Crippen LogP contribution is -2.17. The predicted molar refractivity (Wildman–Crippen MR) is 67.2 cm³/mol. The maximum Gasteiger partial charge on any atom is 0.119 e. The number of aliphatic imine (C=N–C) groups is 1. The molecule has 0 aliphatic carbocycles. The number of rotatable bonds is 3. The highest BCUT2D eigenvalue weighted by molar-refractivity contribution is 6.03. The van der Waals surface area contributed by atoms with Crippen molar-refractivity contribution in [2.45, 2.75) is 6.42 Å². The van der Waals surface area contributed by atoms with Crippen LogP contribution >= 0.6 is 12.4 Å². The fourth-order valence-electron chi connectivity index (χ4n) is 1.84. The van der Waals surface area contributed by atoms with Gasteiger partial charge in [-0.1, -0.05) is 0 Å². The zero-order chi connectivity index (χ0) is 10.7. The number of nitrogens with zero attached hydrogens (tertiary/aromatic N) is 1. The summed E-state index contributed by atoms with van der Waals surface area (Å²) < 4.78 is 10.3. The zero-order valence-corrected chi connectivity index (χ0v) is 10.3. The van der Waals surface area contributed by atoms with Gasteiger partial charge in [0.25, 0.3) is 0 Å². The molecule has 0 radical (unpaired) electrons.